The first-order valence-electron chi connectivity index (χ1n) is 7.12. The molecule has 1 atom stereocenters. The maximum Gasteiger partial charge on any atom is 0.315 e. The van der Waals surface area contributed by atoms with Gasteiger partial charge in [0.1, 0.15) is 0 Å². The second-order valence-electron chi connectivity index (χ2n) is 6.11. The lowest BCUT2D eigenvalue weighted by Crippen LogP contribution is -2.52. The molecule has 2 amide bonds. The molecule has 110 valence electrons. The number of carbonyl (C=O) groups excluding carboxylic acids is 1. The number of hydrogen-bond acceptors (Lipinski definition) is 2. The lowest BCUT2D eigenvalue weighted by Gasteiger charge is -2.29. The lowest BCUT2D eigenvalue weighted by atomic mass is 9.93. The van der Waals surface area contributed by atoms with Crippen LogP contribution in [0.1, 0.15) is 52.9 Å². The Morgan fingerprint density at radius 1 is 1.21 bits per heavy atom. The molecule has 0 bridgehead atoms. The third-order valence-corrected chi connectivity index (χ3v) is 4.15. The van der Waals surface area contributed by atoms with Gasteiger partial charge >= 0.3 is 12.0 Å². The van der Waals surface area contributed by atoms with Crippen LogP contribution in [0.15, 0.2) is 0 Å². The maximum absolute atomic E-state index is 11.9. The van der Waals surface area contributed by atoms with Crippen molar-refractivity contribution >= 4 is 12.0 Å². The summed E-state index contributed by atoms with van der Waals surface area (Å²) in [6, 6.07) is -0.240. The molecule has 0 aromatic carbocycles. The number of carboxylic acids is 1. The van der Waals surface area contributed by atoms with E-state index in [4.69, 9.17) is 5.11 Å². The van der Waals surface area contributed by atoms with E-state index in [1.807, 2.05) is 0 Å². The van der Waals surface area contributed by atoms with Crippen LogP contribution >= 0.6 is 0 Å². The molecule has 0 spiro atoms. The van der Waals surface area contributed by atoms with Gasteiger partial charge in [-0.1, -0.05) is 33.6 Å². The molecule has 0 aliphatic heterocycles. The zero-order valence-corrected chi connectivity index (χ0v) is 12.2. The highest BCUT2D eigenvalue weighted by Gasteiger charge is 2.37. The van der Waals surface area contributed by atoms with E-state index in [1.54, 1.807) is 0 Å². The molecule has 3 N–H and O–H groups in total. The second kappa shape index (κ2) is 6.78. The van der Waals surface area contributed by atoms with Crippen molar-refractivity contribution < 1.29 is 14.7 Å². The number of urea groups is 1. The summed E-state index contributed by atoms with van der Waals surface area (Å²) in [5.74, 6) is 0.0715. The van der Waals surface area contributed by atoms with E-state index in [0.717, 1.165) is 25.7 Å². The van der Waals surface area contributed by atoms with Crippen molar-refractivity contribution in [3.05, 3.63) is 0 Å². The molecule has 1 rings (SSSR count). The minimum atomic E-state index is -0.849. The van der Waals surface area contributed by atoms with Crippen molar-refractivity contribution in [2.24, 2.45) is 11.8 Å². The van der Waals surface area contributed by atoms with Gasteiger partial charge in [0.15, 0.2) is 0 Å². The molecule has 19 heavy (non-hydrogen) atoms. The Bertz CT molecular complexity index is 323. The first-order valence-corrected chi connectivity index (χ1v) is 7.12. The van der Waals surface area contributed by atoms with Crippen molar-refractivity contribution in [3.8, 4) is 0 Å². The van der Waals surface area contributed by atoms with E-state index >= 15 is 0 Å². The van der Waals surface area contributed by atoms with E-state index in [-0.39, 0.29) is 12.5 Å². The molecular formula is C14H26N2O3. The number of carboxylic acid groups (broad SMARTS) is 1. The number of carbonyl (C=O) groups is 2. The number of aliphatic carboxylic acids is 1. The summed E-state index contributed by atoms with van der Waals surface area (Å²) in [6.07, 6.45) is 3.49. The molecule has 1 aliphatic rings. The van der Waals surface area contributed by atoms with Gasteiger partial charge in [0.25, 0.3) is 0 Å². The summed E-state index contributed by atoms with van der Waals surface area (Å²) >= 11 is 0. The zero-order valence-electron chi connectivity index (χ0n) is 12.2. The Kier molecular flexibility index (Phi) is 5.63. The predicted molar refractivity (Wildman–Crippen MR) is 74.0 cm³/mol. The molecule has 0 heterocycles. The predicted octanol–water partition coefficient (Wildman–Crippen LogP) is 2.37. The fourth-order valence-corrected chi connectivity index (χ4v) is 2.46. The maximum atomic E-state index is 11.9. The Labute approximate surface area is 115 Å². The summed E-state index contributed by atoms with van der Waals surface area (Å²) in [4.78, 5) is 22.8. The molecule has 1 unspecified atom stereocenters. The van der Waals surface area contributed by atoms with Crippen molar-refractivity contribution in [2.75, 3.05) is 6.54 Å². The van der Waals surface area contributed by atoms with Gasteiger partial charge in [-0.3, -0.25) is 4.79 Å². The van der Waals surface area contributed by atoms with E-state index < -0.39 is 11.5 Å². The average Bonchev–Trinajstić information content (AvgIpc) is 2.72. The van der Waals surface area contributed by atoms with Crippen LogP contribution in [0.4, 0.5) is 4.79 Å². The molecule has 5 nitrogen and oxygen atoms in total. The van der Waals surface area contributed by atoms with Crippen molar-refractivity contribution in [1.29, 1.82) is 0 Å². The molecule has 0 aromatic heterocycles. The Hall–Kier alpha value is -1.26. The van der Waals surface area contributed by atoms with Crippen LogP contribution in [-0.2, 0) is 4.79 Å². The van der Waals surface area contributed by atoms with E-state index in [9.17, 15) is 9.59 Å². The van der Waals surface area contributed by atoms with Gasteiger partial charge in [-0.2, -0.15) is 0 Å². The fraction of sp³-hybridized carbons (Fsp3) is 0.857. The van der Waals surface area contributed by atoms with Crippen molar-refractivity contribution in [1.82, 2.24) is 10.6 Å². The molecule has 0 radical (unpaired) electrons. The highest BCUT2D eigenvalue weighted by atomic mass is 16.4. The Morgan fingerprint density at radius 2 is 1.79 bits per heavy atom. The summed E-state index contributed by atoms with van der Waals surface area (Å²) < 4.78 is 0. The summed E-state index contributed by atoms with van der Waals surface area (Å²) in [7, 11) is 0. The topological polar surface area (TPSA) is 78.4 Å². The highest BCUT2D eigenvalue weighted by molar-refractivity contribution is 5.76. The van der Waals surface area contributed by atoms with Crippen LogP contribution in [0.25, 0.3) is 0 Å². The summed E-state index contributed by atoms with van der Waals surface area (Å²) in [5, 5.41) is 14.7. The SMILES string of the molecule is CC(C)C(C)CNC(=O)NC1(CC(=O)O)CCCC1. The Morgan fingerprint density at radius 3 is 2.26 bits per heavy atom. The second-order valence-corrected chi connectivity index (χ2v) is 6.11. The number of amides is 2. The van der Waals surface area contributed by atoms with Crippen LogP contribution in [-0.4, -0.2) is 29.2 Å². The molecule has 1 fully saturated rings. The largest absolute Gasteiger partial charge is 0.481 e. The number of rotatable bonds is 6. The van der Waals surface area contributed by atoms with Gasteiger partial charge in [-0.15, -0.1) is 0 Å². The molecule has 0 saturated heterocycles. The lowest BCUT2D eigenvalue weighted by molar-refractivity contribution is -0.138. The van der Waals surface area contributed by atoms with Gasteiger partial charge in [0.2, 0.25) is 0 Å². The van der Waals surface area contributed by atoms with Gasteiger partial charge < -0.3 is 15.7 Å². The Balaban J connectivity index is 2.46. The monoisotopic (exact) mass is 270 g/mol. The fourth-order valence-electron chi connectivity index (χ4n) is 2.46. The van der Waals surface area contributed by atoms with Gasteiger partial charge in [0, 0.05) is 6.54 Å². The zero-order chi connectivity index (χ0) is 14.5. The summed E-state index contributed by atoms with van der Waals surface area (Å²) in [5.41, 5.74) is -0.545. The normalized spacial score (nSPS) is 19.2. The van der Waals surface area contributed by atoms with Gasteiger partial charge in [0.05, 0.1) is 12.0 Å². The number of nitrogens with one attached hydrogen (secondary N) is 2. The van der Waals surface area contributed by atoms with E-state index in [2.05, 4.69) is 31.4 Å². The third kappa shape index (κ3) is 5.09. The van der Waals surface area contributed by atoms with Gasteiger partial charge in [-0.05, 0) is 24.7 Å². The van der Waals surface area contributed by atoms with Crippen LogP contribution in [0.5, 0.6) is 0 Å². The van der Waals surface area contributed by atoms with Crippen LogP contribution in [0.2, 0.25) is 0 Å². The molecular weight excluding hydrogens is 244 g/mol. The standard InChI is InChI=1S/C14H26N2O3/c1-10(2)11(3)9-15-13(19)16-14(8-12(17)18)6-4-5-7-14/h10-11H,4-9H2,1-3H3,(H,17,18)(H2,15,16,19). The molecule has 5 heteroatoms. The van der Waals surface area contributed by atoms with Crippen LogP contribution in [0.3, 0.4) is 0 Å². The minimum Gasteiger partial charge on any atom is -0.481 e. The van der Waals surface area contributed by atoms with Crippen LogP contribution in [0, 0.1) is 11.8 Å². The summed E-state index contributed by atoms with van der Waals surface area (Å²) in [6.45, 7) is 6.94. The van der Waals surface area contributed by atoms with Crippen molar-refractivity contribution in [3.63, 3.8) is 0 Å². The van der Waals surface area contributed by atoms with Crippen molar-refractivity contribution in [2.45, 2.75) is 58.4 Å². The smallest absolute Gasteiger partial charge is 0.315 e. The van der Waals surface area contributed by atoms with E-state index in [0.29, 0.717) is 18.4 Å². The van der Waals surface area contributed by atoms with Crippen LogP contribution < -0.4 is 10.6 Å². The third-order valence-electron chi connectivity index (χ3n) is 4.15. The molecule has 1 aliphatic carbocycles. The van der Waals surface area contributed by atoms with E-state index in [1.165, 1.54) is 0 Å². The number of hydrogen-bond donors (Lipinski definition) is 3. The molecule has 1 saturated carbocycles. The first kappa shape index (κ1) is 15.8. The van der Waals surface area contributed by atoms with Gasteiger partial charge in [-0.25, -0.2) is 4.79 Å². The minimum absolute atomic E-state index is 0.0140. The molecule has 0 aromatic rings. The first-order chi connectivity index (χ1) is 8.84. The average molecular weight is 270 g/mol. The quantitative estimate of drug-likeness (QED) is 0.693. The highest BCUT2D eigenvalue weighted by Crippen LogP contribution is 2.32.